The Hall–Kier alpha value is -1.98. The van der Waals surface area contributed by atoms with Crippen molar-refractivity contribution in [1.29, 1.82) is 0 Å². The Balaban J connectivity index is 1.97. The lowest BCUT2D eigenvalue weighted by Gasteiger charge is -2.16. The van der Waals surface area contributed by atoms with Crippen LogP contribution in [0.25, 0.3) is 0 Å². The average Bonchev–Trinajstić information content (AvgIpc) is 3.21. The Labute approximate surface area is 127 Å². The molecular weight excluding hydrogens is 292 g/mol. The van der Waals surface area contributed by atoms with Crippen molar-refractivity contribution >= 4 is 11.9 Å². The number of hydrogen-bond donors (Lipinski definition) is 2. The van der Waals surface area contributed by atoms with Crippen LogP contribution in [-0.4, -0.2) is 23.0 Å². The molecule has 0 bridgehead atoms. The van der Waals surface area contributed by atoms with Gasteiger partial charge in [-0.05, 0) is 42.4 Å². The van der Waals surface area contributed by atoms with Gasteiger partial charge in [0.15, 0.2) is 11.6 Å². The van der Waals surface area contributed by atoms with Gasteiger partial charge in [0.2, 0.25) is 5.91 Å². The lowest BCUT2D eigenvalue weighted by molar-refractivity contribution is -0.142. The first-order valence-electron chi connectivity index (χ1n) is 7.27. The zero-order valence-corrected chi connectivity index (χ0v) is 12.5. The molecule has 0 spiro atoms. The predicted octanol–water partition coefficient (Wildman–Crippen LogP) is 2.68. The largest absolute Gasteiger partial charge is 0.480 e. The predicted molar refractivity (Wildman–Crippen MR) is 76.2 cm³/mol. The number of carbonyl (C=O) groups excluding carboxylic acids is 1. The number of halogens is 2. The van der Waals surface area contributed by atoms with Gasteiger partial charge in [0.1, 0.15) is 6.04 Å². The molecule has 0 radical (unpaired) electrons. The SMILES string of the molecule is CC(C)C[C@@H](NC(=O)C1CC1c1ccc(F)c(F)c1)C(=O)O. The first kappa shape index (κ1) is 16.4. The van der Waals surface area contributed by atoms with Crippen LogP contribution in [0, 0.1) is 23.5 Å². The van der Waals surface area contributed by atoms with Crippen molar-refractivity contribution in [1.82, 2.24) is 5.32 Å². The summed E-state index contributed by atoms with van der Waals surface area (Å²) < 4.78 is 26.1. The second-order valence-corrected chi connectivity index (χ2v) is 6.15. The molecule has 0 saturated heterocycles. The van der Waals surface area contributed by atoms with Crippen molar-refractivity contribution < 1.29 is 23.5 Å². The second kappa shape index (κ2) is 6.42. The van der Waals surface area contributed by atoms with Crippen LogP contribution < -0.4 is 5.32 Å². The van der Waals surface area contributed by atoms with Crippen LogP contribution >= 0.6 is 0 Å². The van der Waals surface area contributed by atoms with Gasteiger partial charge in [0, 0.05) is 5.92 Å². The zero-order valence-electron chi connectivity index (χ0n) is 12.5. The molecule has 120 valence electrons. The molecule has 2 N–H and O–H groups in total. The maximum atomic E-state index is 13.2. The van der Waals surface area contributed by atoms with E-state index in [1.165, 1.54) is 6.07 Å². The van der Waals surface area contributed by atoms with Gasteiger partial charge in [0.25, 0.3) is 0 Å². The van der Waals surface area contributed by atoms with Crippen LogP contribution in [0.1, 0.15) is 38.2 Å². The molecule has 0 aromatic heterocycles. The molecule has 2 rings (SSSR count). The first-order chi connectivity index (χ1) is 10.3. The van der Waals surface area contributed by atoms with Gasteiger partial charge in [-0.15, -0.1) is 0 Å². The van der Waals surface area contributed by atoms with Crippen LogP contribution in [-0.2, 0) is 9.59 Å². The molecule has 4 nitrogen and oxygen atoms in total. The number of hydrogen-bond acceptors (Lipinski definition) is 2. The Morgan fingerprint density at radius 2 is 2.00 bits per heavy atom. The number of nitrogens with one attached hydrogen (secondary N) is 1. The summed E-state index contributed by atoms with van der Waals surface area (Å²) in [5, 5.41) is 11.6. The zero-order chi connectivity index (χ0) is 16.4. The third kappa shape index (κ3) is 3.81. The number of benzene rings is 1. The van der Waals surface area contributed by atoms with Crippen LogP contribution in [0.2, 0.25) is 0 Å². The molecule has 1 aliphatic rings. The maximum Gasteiger partial charge on any atom is 0.326 e. The molecule has 1 aromatic carbocycles. The number of carboxylic acids is 1. The molecule has 1 fully saturated rings. The fourth-order valence-corrected chi connectivity index (χ4v) is 2.57. The summed E-state index contributed by atoms with van der Waals surface area (Å²) in [5.74, 6) is -3.68. The monoisotopic (exact) mass is 311 g/mol. The van der Waals surface area contributed by atoms with E-state index in [-0.39, 0.29) is 23.7 Å². The Kier molecular flexibility index (Phi) is 4.78. The highest BCUT2D eigenvalue weighted by Crippen LogP contribution is 2.47. The van der Waals surface area contributed by atoms with E-state index in [2.05, 4.69) is 5.32 Å². The highest BCUT2D eigenvalue weighted by atomic mass is 19.2. The summed E-state index contributed by atoms with van der Waals surface area (Å²) in [6, 6.07) is 2.67. The van der Waals surface area contributed by atoms with E-state index in [1.54, 1.807) is 0 Å². The molecule has 0 heterocycles. The molecule has 22 heavy (non-hydrogen) atoms. The van der Waals surface area contributed by atoms with Crippen molar-refractivity contribution in [3.05, 3.63) is 35.4 Å². The molecule has 1 aromatic rings. The van der Waals surface area contributed by atoms with Crippen LogP contribution in [0.4, 0.5) is 8.78 Å². The second-order valence-electron chi connectivity index (χ2n) is 6.15. The topological polar surface area (TPSA) is 66.4 Å². The third-order valence-corrected chi connectivity index (χ3v) is 3.82. The summed E-state index contributed by atoms with van der Waals surface area (Å²) in [5.41, 5.74) is 0.565. The first-order valence-corrected chi connectivity index (χ1v) is 7.27. The number of carbonyl (C=O) groups is 2. The van der Waals surface area contributed by atoms with E-state index < -0.39 is 23.6 Å². The van der Waals surface area contributed by atoms with Gasteiger partial charge < -0.3 is 10.4 Å². The summed E-state index contributed by atoms with van der Waals surface area (Å²) in [6.07, 6.45) is 0.870. The molecule has 1 amide bonds. The number of rotatable bonds is 6. The van der Waals surface area contributed by atoms with E-state index in [0.717, 1.165) is 12.1 Å². The minimum Gasteiger partial charge on any atom is -0.480 e. The summed E-state index contributed by atoms with van der Waals surface area (Å²) in [6.45, 7) is 3.76. The minimum atomic E-state index is -1.06. The fourth-order valence-electron chi connectivity index (χ4n) is 2.57. The molecule has 1 saturated carbocycles. The van der Waals surface area contributed by atoms with Gasteiger partial charge in [-0.2, -0.15) is 0 Å². The van der Waals surface area contributed by atoms with Gasteiger partial charge in [0.05, 0.1) is 0 Å². The normalized spacial score (nSPS) is 21.5. The van der Waals surface area contributed by atoms with Crippen molar-refractivity contribution in [2.45, 2.75) is 38.6 Å². The lowest BCUT2D eigenvalue weighted by Crippen LogP contribution is -2.42. The third-order valence-electron chi connectivity index (χ3n) is 3.82. The van der Waals surface area contributed by atoms with E-state index in [1.807, 2.05) is 13.8 Å². The van der Waals surface area contributed by atoms with Gasteiger partial charge in [-0.3, -0.25) is 4.79 Å². The summed E-state index contributed by atoms with van der Waals surface area (Å²) in [7, 11) is 0. The average molecular weight is 311 g/mol. The molecule has 6 heteroatoms. The van der Waals surface area contributed by atoms with Gasteiger partial charge in [-0.1, -0.05) is 19.9 Å². The molecule has 1 aliphatic carbocycles. The molecule has 2 unspecified atom stereocenters. The molecule has 3 atom stereocenters. The Bertz CT molecular complexity index is 589. The Morgan fingerprint density at radius 3 is 2.55 bits per heavy atom. The standard InChI is InChI=1S/C16H19F2NO3/c1-8(2)5-14(16(21)22)19-15(20)11-7-10(11)9-3-4-12(17)13(18)6-9/h3-4,6,8,10-11,14H,5,7H2,1-2H3,(H,19,20)(H,21,22)/t10?,11?,14-/m1/s1. The van der Waals surface area contributed by atoms with Crippen molar-refractivity contribution in [3.63, 3.8) is 0 Å². The highest BCUT2D eigenvalue weighted by molar-refractivity contribution is 5.87. The summed E-state index contributed by atoms with van der Waals surface area (Å²) >= 11 is 0. The van der Waals surface area contributed by atoms with Crippen LogP contribution in [0.3, 0.4) is 0 Å². The van der Waals surface area contributed by atoms with Crippen molar-refractivity contribution in [2.24, 2.45) is 11.8 Å². The van der Waals surface area contributed by atoms with E-state index in [0.29, 0.717) is 18.4 Å². The molecular formula is C16H19F2NO3. The summed E-state index contributed by atoms with van der Waals surface area (Å²) in [4.78, 5) is 23.2. The highest BCUT2D eigenvalue weighted by Gasteiger charge is 2.45. The van der Waals surface area contributed by atoms with E-state index >= 15 is 0 Å². The van der Waals surface area contributed by atoms with Crippen LogP contribution in [0.15, 0.2) is 18.2 Å². The lowest BCUT2D eigenvalue weighted by atomic mass is 10.0. The molecule has 0 aliphatic heterocycles. The quantitative estimate of drug-likeness (QED) is 0.849. The van der Waals surface area contributed by atoms with Gasteiger partial charge in [-0.25, -0.2) is 13.6 Å². The smallest absolute Gasteiger partial charge is 0.326 e. The number of amides is 1. The van der Waals surface area contributed by atoms with Gasteiger partial charge >= 0.3 is 5.97 Å². The fraction of sp³-hybridized carbons (Fsp3) is 0.500. The minimum absolute atomic E-state index is 0.141. The van der Waals surface area contributed by atoms with Crippen molar-refractivity contribution in [2.75, 3.05) is 0 Å². The van der Waals surface area contributed by atoms with E-state index in [9.17, 15) is 18.4 Å². The number of carboxylic acid groups (broad SMARTS) is 1. The number of aliphatic carboxylic acids is 1. The van der Waals surface area contributed by atoms with Crippen molar-refractivity contribution in [3.8, 4) is 0 Å². The Morgan fingerprint density at radius 1 is 1.32 bits per heavy atom. The van der Waals surface area contributed by atoms with Crippen LogP contribution in [0.5, 0.6) is 0 Å². The maximum absolute atomic E-state index is 13.2. The van der Waals surface area contributed by atoms with E-state index in [4.69, 9.17) is 5.11 Å².